The number of carbonyl (C=O) groups excluding carboxylic acids is 1. The molecule has 0 unspecified atom stereocenters. The Hall–Kier alpha value is -3.40. The Bertz CT molecular complexity index is 1160. The van der Waals surface area contributed by atoms with Crippen LogP contribution in [-0.4, -0.2) is 22.1 Å². The molecule has 10 heteroatoms. The summed E-state index contributed by atoms with van der Waals surface area (Å²) in [5, 5.41) is 22.2. The number of aromatic carboxylic acids is 1. The van der Waals surface area contributed by atoms with Gasteiger partial charge in [0.15, 0.2) is 23.2 Å². The smallest absolute Gasteiger partial charge is 0.339 e. The number of amides is 1. The number of nitrogens with one attached hydrogen (secondary N) is 1. The van der Waals surface area contributed by atoms with Crippen LogP contribution in [0.2, 0.25) is 0 Å². The van der Waals surface area contributed by atoms with E-state index in [9.17, 15) is 37.4 Å². The number of hydrogen-bond acceptors (Lipinski definition) is 4. The number of hydrogen-bond donors (Lipinski definition) is 3. The predicted molar refractivity (Wildman–Crippen MR) is 97.3 cm³/mol. The summed E-state index contributed by atoms with van der Waals surface area (Å²) in [6.45, 7) is 1.34. The van der Waals surface area contributed by atoms with Crippen LogP contribution in [0.3, 0.4) is 0 Å². The first-order valence-corrected chi connectivity index (χ1v) is 8.78. The zero-order valence-electron chi connectivity index (χ0n) is 14.5. The van der Waals surface area contributed by atoms with Crippen LogP contribution in [-0.2, 0) is 0 Å². The molecule has 1 aromatic heterocycles. The van der Waals surface area contributed by atoms with Crippen LogP contribution in [0.4, 0.5) is 22.6 Å². The van der Waals surface area contributed by atoms with E-state index in [4.69, 9.17) is 0 Å². The lowest BCUT2D eigenvalue weighted by Crippen LogP contribution is -2.14. The lowest BCUT2D eigenvalue weighted by atomic mass is 10.0. The van der Waals surface area contributed by atoms with Crippen molar-refractivity contribution in [2.75, 3.05) is 5.32 Å². The molecule has 0 bridgehead atoms. The fourth-order valence-electron chi connectivity index (χ4n) is 2.62. The van der Waals surface area contributed by atoms with Gasteiger partial charge in [-0.15, -0.1) is 11.3 Å². The molecule has 2 aromatic carbocycles. The molecule has 1 heterocycles. The lowest BCUT2D eigenvalue weighted by molar-refractivity contribution is 0.0699. The fraction of sp³-hybridized carbons (Fsp3) is 0.0526. The quantitative estimate of drug-likeness (QED) is 0.517. The molecular formula is C19H11F4NO4S. The standard InChI is InChI=1S/C19H11F4NO4S/c1-7-2-3-9(15(23)14(7)22)11-6-29-18(13(11)19(27)28)24-17(26)10-4-8(20)5-12(21)16(10)25/h2-6,25H,1H3,(H,24,26)(H,27,28). The van der Waals surface area contributed by atoms with Gasteiger partial charge in [-0.3, -0.25) is 4.79 Å². The SMILES string of the molecule is Cc1ccc(-c2csc(NC(=O)c3cc(F)cc(F)c3O)c2C(=O)O)c(F)c1F. The van der Waals surface area contributed by atoms with E-state index in [0.29, 0.717) is 23.5 Å². The summed E-state index contributed by atoms with van der Waals surface area (Å²) in [4.78, 5) is 24.0. The van der Waals surface area contributed by atoms with E-state index in [2.05, 4.69) is 5.32 Å². The number of thiophene rings is 1. The van der Waals surface area contributed by atoms with Crippen LogP contribution in [0, 0.1) is 30.2 Å². The number of carboxylic acids is 1. The number of phenolic OH excluding ortho intramolecular Hbond substituents is 1. The van der Waals surface area contributed by atoms with Gasteiger partial charge in [0, 0.05) is 22.6 Å². The summed E-state index contributed by atoms with van der Waals surface area (Å²) in [5.74, 6) is -8.77. The van der Waals surface area contributed by atoms with Crippen LogP contribution in [0.15, 0.2) is 29.6 Å². The molecular weight excluding hydrogens is 414 g/mol. The Balaban J connectivity index is 2.06. The van der Waals surface area contributed by atoms with Crippen LogP contribution in [0.5, 0.6) is 5.75 Å². The van der Waals surface area contributed by atoms with Crippen LogP contribution in [0.25, 0.3) is 11.1 Å². The van der Waals surface area contributed by atoms with Crippen LogP contribution < -0.4 is 5.32 Å². The van der Waals surface area contributed by atoms with Crippen molar-refractivity contribution in [2.24, 2.45) is 0 Å². The zero-order valence-corrected chi connectivity index (χ0v) is 15.3. The van der Waals surface area contributed by atoms with Crippen molar-refractivity contribution in [1.29, 1.82) is 0 Å². The minimum Gasteiger partial charge on any atom is -0.504 e. The Kier molecular flexibility index (Phi) is 5.29. The first kappa shape index (κ1) is 20.3. The van der Waals surface area contributed by atoms with Crippen molar-refractivity contribution >= 4 is 28.2 Å². The molecule has 3 aromatic rings. The largest absolute Gasteiger partial charge is 0.504 e. The zero-order chi connectivity index (χ0) is 21.5. The Morgan fingerprint density at radius 1 is 1.03 bits per heavy atom. The second kappa shape index (κ2) is 7.55. The minimum atomic E-state index is -1.55. The summed E-state index contributed by atoms with van der Waals surface area (Å²) in [6.07, 6.45) is 0. The second-order valence-corrected chi connectivity index (χ2v) is 6.83. The normalized spacial score (nSPS) is 10.8. The molecule has 1 amide bonds. The van der Waals surface area contributed by atoms with E-state index >= 15 is 0 Å². The lowest BCUT2D eigenvalue weighted by Gasteiger charge is -2.09. The summed E-state index contributed by atoms with van der Waals surface area (Å²) >= 11 is 0.684. The molecule has 0 aliphatic heterocycles. The number of aromatic hydroxyl groups is 1. The van der Waals surface area contributed by atoms with Gasteiger partial charge >= 0.3 is 5.97 Å². The maximum Gasteiger partial charge on any atom is 0.339 e. The Morgan fingerprint density at radius 2 is 1.72 bits per heavy atom. The molecule has 0 aliphatic carbocycles. The third-order valence-corrected chi connectivity index (χ3v) is 4.97. The molecule has 0 saturated heterocycles. The van der Waals surface area contributed by atoms with Crippen molar-refractivity contribution < 1.29 is 37.4 Å². The van der Waals surface area contributed by atoms with Crippen molar-refractivity contribution in [2.45, 2.75) is 6.92 Å². The van der Waals surface area contributed by atoms with Crippen molar-refractivity contribution in [3.05, 3.63) is 69.6 Å². The first-order chi connectivity index (χ1) is 13.6. The van der Waals surface area contributed by atoms with Gasteiger partial charge in [0.2, 0.25) is 0 Å². The second-order valence-electron chi connectivity index (χ2n) is 5.95. The van der Waals surface area contributed by atoms with Gasteiger partial charge in [0.25, 0.3) is 5.91 Å². The molecule has 0 atom stereocenters. The molecule has 150 valence electrons. The minimum absolute atomic E-state index is 0.0236. The summed E-state index contributed by atoms with van der Waals surface area (Å²) in [6, 6.07) is 3.40. The number of phenols is 1. The van der Waals surface area contributed by atoms with Crippen LogP contribution in [0.1, 0.15) is 26.3 Å². The highest BCUT2D eigenvalue weighted by Crippen LogP contribution is 2.38. The third kappa shape index (κ3) is 3.66. The third-order valence-electron chi connectivity index (χ3n) is 4.07. The van der Waals surface area contributed by atoms with Gasteiger partial charge in [-0.2, -0.15) is 0 Å². The van der Waals surface area contributed by atoms with Crippen molar-refractivity contribution in [1.82, 2.24) is 0 Å². The van der Waals surface area contributed by atoms with Crippen molar-refractivity contribution in [3.8, 4) is 16.9 Å². The molecule has 3 N–H and O–H groups in total. The molecule has 29 heavy (non-hydrogen) atoms. The van der Waals surface area contributed by atoms with Gasteiger partial charge in [0.1, 0.15) is 16.4 Å². The van der Waals surface area contributed by atoms with Gasteiger partial charge in [-0.25, -0.2) is 22.4 Å². The molecule has 0 radical (unpaired) electrons. The fourth-order valence-corrected chi connectivity index (χ4v) is 3.57. The first-order valence-electron chi connectivity index (χ1n) is 7.91. The van der Waals surface area contributed by atoms with E-state index < -0.39 is 52.0 Å². The summed E-state index contributed by atoms with van der Waals surface area (Å²) in [5.41, 5.74) is -1.80. The van der Waals surface area contributed by atoms with Gasteiger partial charge in [0.05, 0.1) is 5.56 Å². The topological polar surface area (TPSA) is 86.6 Å². The number of rotatable bonds is 4. The van der Waals surface area contributed by atoms with Gasteiger partial charge in [-0.05, 0) is 18.6 Å². The van der Waals surface area contributed by atoms with E-state index in [0.717, 1.165) is 0 Å². The maximum absolute atomic E-state index is 14.3. The molecule has 0 fully saturated rings. The maximum atomic E-state index is 14.3. The van der Waals surface area contributed by atoms with E-state index in [1.165, 1.54) is 24.4 Å². The Labute approximate surface area is 164 Å². The summed E-state index contributed by atoms with van der Waals surface area (Å²) < 4.78 is 55.0. The highest BCUT2D eigenvalue weighted by atomic mass is 32.1. The van der Waals surface area contributed by atoms with E-state index in [1.54, 1.807) is 0 Å². The van der Waals surface area contributed by atoms with Crippen LogP contribution >= 0.6 is 11.3 Å². The number of aryl methyl sites for hydroxylation is 1. The number of anilines is 1. The molecule has 3 rings (SSSR count). The van der Waals surface area contributed by atoms with E-state index in [-0.39, 0.29) is 21.7 Å². The predicted octanol–water partition coefficient (Wildman–Crippen LogP) is 4.94. The van der Waals surface area contributed by atoms with Gasteiger partial charge < -0.3 is 15.5 Å². The van der Waals surface area contributed by atoms with Crippen molar-refractivity contribution in [3.63, 3.8) is 0 Å². The average Bonchev–Trinajstić information content (AvgIpc) is 3.06. The highest BCUT2D eigenvalue weighted by Gasteiger charge is 2.26. The average molecular weight is 425 g/mol. The molecule has 0 aliphatic rings. The van der Waals surface area contributed by atoms with E-state index in [1.807, 2.05) is 0 Å². The number of carboxylic acid groups (broad SMARTS) is 1. The monoisotopic (exact) mass is 425 g/mol. The number of halogens is 4. The number of benzene rings is 2. The highest BCUT2D eigenvalue weighted by molar-refractivity contribution is 7.15. The van der Waals surface area contributed by atoms with Gasteiger partial charge in [-0.1, -0.05) is 12.1 Å². The Morgan fingerprint density at radius 3 is 2.38 bits per heavy atom. The molecule has 0 spiro atoms. The number of carbonyl (C=O) groups is 2. The summed E-state index contributed by atoms with van der Waals surface area (Å²) in [7, 11) is 0. The molecule has 0 saturated carbocycles. The molecule has 5 nitrogen and oxygen atoms in total.